The molecule has 0 bridgehead atoms. The van der Waals surface area contributed by atoms with Gasteiger partial charge in [0.15, 0.2) is 0 Å². The van der Waals surface area contributed by atoms with Crippen LogP contribution in [0.4, 0.5) is 5.69 Å². The standard InChI is InChI=1S/C11H17N3O2/c1-3-12-8-10(15)14-9-5-6-11(13-7-9)16-4-2/h5-7,12H,3-4,8H2,1-2H3,(H,14,15). The second-order valence-corrected chi connectivity index (χ2v) is 3.15. The van der Waals surface area contributed by atoms with Crippen molar-refractivity contribution in [1.29, 1.82) is 0 Å². The van der Waals surface area contributed by atoms with Gasteiger partial charge in [0.05, 0.1) is 25.0 Å². The highest BCUT2D eigenvalue weighted by molar-refractivity contribution is 5.92. The predicted octanol–water partition coefficient (Wildman–Crippen LogP) is 1.03. The number of nitrogens with zero attached hydrogens (tertiary/aromatic N) is 1. The summed E-state index contributed by atoms with van der Waals surface area (Å²) in [6, 6.07) is 3.49. The molecule has 0 aliphatic carbocycles. The quantitative estimate of drug-likeness (QED) is 0.756. The largest absolute Gasteiger partial charge is 0.478 e. The van der Waals surface area contributed by atoms with Crippen molar-refractivity contribution in [3.63, 3.8) is 0 Å². The molecule has 1 heterocycles. The predicted molar refractivity (Wildman–Crippen MR) is 62.6 cm³/mol. The lowest BCUT2D eigenvalue weighted by Gasteiger charge is -2.06. The molecular formula is C11H17N3O2. The molecule has 16 heavy (non-hydrogen) atoms. The maximum Gasteiger partial charge on any atom is 0.238 e. The van der Waals surface area contributed by atoms with E-state index in [1.54, 1.807) is 18.3 Å². The fourth-order valence-corrected chi connectivity index (χ4v) is 1.13. The van der Waals surface area contributed by atoms with Crippen LogP contribution >= 0.6 is 0 Å². The van der Waals surface area contributed by atoms with Crippen molar-refractivity contribution in [2.75, 3.05) is 25.0 Å². The summed E-state index contributed by atoms with van der Waals surface area (Å²) < 4.78 is 5.19. The zero-order chi connectivity index (χ0) is 11.8. The molecule has 0 unspecified atom stereocenters. The van der Waals surface area contributed by atoms with Crippen LogP contribution in [0.3, 0.4) is 0 Å². The maximum atomic E-state index is 11.3. The van der Waals surface area contributed by atoms with Crippen LogP contribution in [0.5, 0.6) is 5.88 Å². The average Bonchev–Trinajstić information content (AvgIpc) is 2.29. The summed E-state index contributed by atoms with van der Waals surface area (Å²) in [6.45, 7) is 5.51. The summed E-state index contributed by atoms with van der Waals surface area (Å²) in [6.07, 6.45) is 1.58. The molecule has 1 rings (SSSR count). The van der Waals surface area contributed by atoms with Gasteiger partial charge in [0.2, 0.25) is 11.8 Å². The Morgan fingerprint density at radius 2 is 2.25 bits per heavy atom. The summed E-state index contributed by atoms with van der Waals surface area (Å²) in [5.74, 6) is 0.486. The molecule has 0 radical (unpaired) electrons. The highest BCUT2D eigenvalue weighted by atomic mass is 16.5. The first-order valence-corrected chi connectivity index (χ1v) is 5.35. The zero-order valence-electron chi connectivity index (χ0n) is 9.62. The van der Waals surface area contributed by atoms with Gasteiger partial charge in [-0.25, -0.2) is 4.98 Å². The van der Waals surface area contributed by atoms with E-state index >= 15 is 0 Å². The van der Waals surface area contributed by atoms with Crippen molar-refractivity contribution < 1.29 is 9.53 Å². The van der Waals surface area contributed by atoms with Crippen molar-refractivity contribution in [2.24, 2.45) is 0 Å². The molecule has 0 aromatic carbocycles. The highest BCUT2D eigenvalue weighted by Crippen LogP contribution is 2.10. The first-order chi connectivity index (χ1) is 7.76. The zero-order valence-corrected chi connectivity index (χ0v) is 9.62. The molecule has 5 nitrogen and oxygen atoms in total. The lowest BCUT2D eigenvalue weighted by atomic mass is 10.4. The van der Waals surface area contributed by atoms with Crippen LogP contribution in [0.15, 0.2) is 18.3 Å². The highest BCUT2D eigenvalue weighted by Gasteiger charge is 2.01. The molecule has 0 saturated heterocycles. The summed E-state index contributed by atoms with van der Waals surface area (Å²) in [5, 5.41) is 5.67. The molecule has 1 aromatic heterocycles. The number of hydrogen-bond donors (Lipinski definition) is 2. The molecule has 0 aliphatic heterocycles. The van der Waals surface area contributed by atoms with Crippen LogP contribution in [-0.2, 0) is 4.79 Å². The number of likely N-dealkylation sites (N-methyl/N-ethyl adjacent to an activating group) is 1. The van der Waals surface area contributed by atoms with E-state index in [-0.39, 0.29) is 5.91 Å². The third-order valence-electron chi connectivity index (χ3n) is 1.85. The molecule has 1 aromatic rings. The second kappa shape index (κ2) is 6.79. The minimum absolute atomic E-state index is 0.0761. The van der Waals surface area contributed by atoms with Crippen molar-refractivity contribution in [1.82, 2.24) is 10.3 Å². The van der Waals surface area contributed by atoms with Crippen LogP contribution < -0.4 is 15.4 Å². The van der Waals surface area contributed by atoms with Gasteiger partial charge in [0.1, 0.15) is 0 Å². The fraction of sp³-hybridized carbons (Fsp3) is 0.455. The third-order valence-corrected chi connectivity index (χ3v) is 1.85. The topological polar surface area (TPSA) is 63.2 Å². The molecule has 88 valence electrons. The SMILES string of the molecule is CCNCC(=O)Nc1ccc(OCC)nc1. The number of anilines is 1. The van der Waals surface area contributed by atoms with Crippen molar-refractivity contribution >= 4 is 11.6 Å². The number of aromatic nitrogens is 1. The third kappa shape index (κ3) is 4.27. The Balaban J connectivity index is 2.45. The Bertz CT molecular complexity index is 325. The summed E-state index contributed by atoms with van der Waals surface area (Å²) in [7, 11) is 0. The van der Waals surface area contributed by atoms with Crippen LogP contribution in [0.2, 0.25) is 0 Å². The first kappa shape index (κ1) is 12.4. The summed E-state index contributed by atoms with van der Waals surface area (Å²) in [4.78, 5) is 15.4. The van der Waals surface area contributed by atoms with E-state index in [4.69, 9.17) is 4.74 Å². The van der Waals surface area contributed by atoms with E-state index < -0.39 is 0 Å². The molecule has 0 fully saturated rings. The summed E-state index contributed by atoms with van der Waals surface area (Å²) >= 11 is 0. The van der Waals surface area contributed by atoms with Gasteiger partial charge in [-0.3, -0.25) is 4.79 Å². The molecule has 0 aliphatic rings. The number of nitrogens with one attached hydrogen (secondary N) is 2. The van der Waals surface area contributed by atoms with Gasteiger partial charge in [-0.1, -0.05) is 6.92 Å². The number of hydrogen-bond acceptors (Lipinski definition) is 4. The van der Waals surface area contributed by atoms with E-state index in [9.17, 15) is 4.79 Å². The van der Waals surface area contributed by atoms with Gasteiger partial charge in [0, 0.05) is 6.07 Å². The fourth-order valence-electron chi connectivity index (χ4n) is 1.13. The maximum absolute atomic E-state index is 11.3. The number of amides is 1. The number of carbonyl (C=O) groups excluding carboxylic acids is 1. The van der Waals surface area contributed by atoms with E-state index in [1.165, 1.54) is 0 Å². The smallest absolute Gasteiger partial charge is 0.238 e. The normalized spacial score (nSPS) is 9.88. The van der Waals surface area contributed by atoms with Gasteiger partial charge < -0.3 is 15.4 Å². The Labute approximate surface area is 95.2 Å². The lowest BCUT2D eigenvalue weighted by Crippen LogP contribution is -2.27. The van der Waals surface area contributed by atoms with E-state index in [1.807, 2.05) is 13.8 Å². The van der Waals surface area contributed by atoms with Crippen LogP contribution in [0.1, 0.15) is 13.8 Å². The monoisotopic (exact) mass is 223 g/mol. The molecule has 0 spiro atoms. The van der Waals surface area contributed by atoms with Gasteiger partial charge in [-0.15, -0.1) is 0 Å². The van der Waals surface area contributed by atoms with E-state index in [2.05, 4.69) is 15.6 Å². The van der Waals surface area contributed by atoms with Crippen molar-refractivity contribution in [3.05, 3.63) is 18.3 Å². The molecule has 2 N–H and O–H groups in total. The van der Waals surface area contributed by atoms with Crippen LogP contribution in [0.25, 0.3) is 0 Å². The molecule has 1 amide bonds. The van der Waals surface area contributed by atoms with Crippen molar-refractivity contribution in [2.45, 2.75) is 13.8 Å². The van der Waals surface area contributed by atoms with Crippen LogP contribution in [0, 0.1) is 0 Å². The minimum atomic E-state index is -0.0761. The van der Waals surface area contributed by atoms with E-state index in [0.29, 0.717) is 24.7 Å². The van der Waals surface area contributed by atoms with Gasteiger partial charge in [0.25, 0.3) is 0 Å². The molecule has 0 atom stereocenters. The van der Waals surface area contributed by atoms with Crippen molar-refractivity contribution in [3.8, 4) is 5.88 Å². The first-order valence-electron chi connectivity index (χ1n) is 5.35. The Kier molecular flexibility index (Phi) is 5.28. The summed E-state index contributed by atoms with van der Waals surface area (Å²) in [5.41, 5.74) is 0.673. The van der Waals surface area contributed by atoms with E-state index in [0.717, 1.165) is 6.54 Å². The number of rotatable bonds is 6. The number of carbonyl (C=O) groups is 1. The van der Waals surface area contributed by atoms with Gasteiger partial charge in [-0.2, -0.15) is 0 Å². The minimum Gasteiger partial charge on any atom is -0.478 e. The Hall–Kier alpha value is -1.62. The lowest BCUT2D eigenvalue weighted by molar-refractivity contribution is -0.115. The number of pyridine rings is 1. The average molecular weight is 223 g/mol. The molecular weight excluding hydrogens is 206 g/mol. The molecule has 0 saturated carbocycles. The van der Waals surface area contributed by atoms with Gasteiger partial charge in [-0.05, 0) is 19.5 Å². The Morgan fingerprint density at radius 3 is 2.81 bits per heavy atom. The Morgan fingerprint density at radius 1 is 1.44 bits per heavy atom. The molecule has 5 heteroatoms. The van der Waals surface area contributed by atoms with Gasteiger partial charge >= 0.3 is 0 Å². The number of ether oxygens (including phenoxy) is 1. The van der Waals surface area contributed by atoms with Crippen LogP contribution in [-0.4, -0.2) is 30.6 Å². The second-order valence-electron chi connectivity index (χ2n) is 3.15.